The number of rotatable bonds is 4. The molecule has 0 saturated heterocycles. The third kappa shape index (κ3) is 3.23. The van der Waals surface area contributed by atoms with Crippen molar-refractivity contribution in [2.45, 2.75) is 6.92 Å². The van der Waals surface area contributed by atoms with E-state index in [4.69, 9.17) is 4.42 Å². The molecule has 1 rings (SSSR count). The van der Waals surface area contributed by atoms with Gasteiger partial charge in [-0.1, -0.05) is 0 Å². The Morgan fingerprint density at radius 1 is 1.44 bits per heavy atom. The van der Waals surface area contributed by atoms with Crippen LogP contribution in [-0.2, 0) is 14.3 Å². The molecule has 0 unspecified atom stereocenters. The standard InChI is InChI=1S/C10H11NO5/c1-2-15-10(14)9(13)11-6-7(12)8-4-3-5-16-8/h3-5H,2,6H2,1H3,(H,11,13). The fourth-order valence-corrected chi connectivity index (χ4v) is 0.954. The molecule has 6 nitrogen and oxygen atoms in total. The lowest BCUT2D eigenvalue weighted by Gasteiger charge is -2.02. The number of Topliss-reactive ketones (excluding diaryl/α,β-unsaturated/α-hetero) is 1. The van der Waals surface area contributed by atoms with E-state index in [1.54, 1.807) is 13.0 Å². The van der Waals surface area contributed by atoms with Gasteiger partial charge in [0.2, 0.25) is 5.78 Å². The predicted octanol–water partition coefficient (Wildman–Crippen LogP) is 0.142. The largest absolute Gasteiger partial charge is 0.461 e. The Balaban J connectivity index is 2.38. The molecular formula is C10H11NO5. The van der Waals surface area contributed by atoms with Crippen molar-refractivity contribution in [3.63, 3.8) is 0 Å². The number of ether oxygens (including phenoxy) is 1. The highest BCUT2D eigenvalue weighted by Gasteiger charge is 2.16. The molecule has 1 N–H and O–H groups in total. The lowest BCUT2D eigenvalue weighted by Crippen LogP contribution is -2.36. The maximum Gasteiger partial charge on any atom is 0.396 e. The number of furan rings is 1. The predicted molar refractivity (Wildman–Crippen MR) is 52.7 cm³/mol. The fraction of sp³-hybridized carbons (Fsp3) is 0.300. The van der Waals surface area contributed by atoms with Gasteiger partial charge < -0.3 is 14.5 Å². The number of esters is 1. The van der Waals surface area contributed by atoms with Crippen LogP contribution in [0, 0.1) is 0 Å². The summed E-state index contributed by atoms with van der Waals surface area (Å²) in [5.74, 6) is -2.23. The average molecular weight is 225 g/mol. The number of amides is 1. The SMILES string of the molecule is CCOC(=O)C(=O)NCC(=O)c1ccco1. The van der Waals surface area contributed by atoms with Gasteiger partial charge in [-0.05, 0) is 19.1 Å². The van der Waals surface area contributed by atoms with Gasteiger partial charge in [-0.2, -0.15) is 0 Å². The van der Waals surface area contributed by atoms with Crippen LogP contribution in [0.3, 0.4) is 0 Å². The van der Waals surface area contributed by atoms with Crippen molar-refractivity contribution in [2.24, 2.45) is 0 Å². The molecule has 6 heteroatoms. The smallest absolute Gasteiger partial charge is 0.396 e. The number of ketones is 1. The van der Waals surface area contributed by atoms with Crippen LogP contribution in [-0.4, -0.2) is 30.8 Å². The zero-order valence-electron chi connectivity index (χ0n) is 8.69. The molecule has 0 bridgehead atoms. The van der Waals surface area contributed by atoms with Gasteiger partial charge >= 0.3 is 11.9 Å². The minimum Gasteiger partial charge on any atom is -0.461 e. The van der Waals surface area contributed by atoms with Crippen LogP contribution in [0.25, 0.3) is 0 Å². The summed E-state index contributed by atoms with van der Waals surface area (Å²) in [6.07, 6.45) is 1.35. The second-order valence-corrected chi connectivity index (χ2v) is 2.80. The van der Waals surface area contributed by atoms with Crippen LogP contribution in [0.5, 0.6) is 0 Å². The summed E-state index contributed by atoms with van der Waals surface area (Å²) in [6, 6.07) is 3.03. The molecule has 86 valence electrons. The van der Waals surface area contributed by atoms with E-state index in [2.05, 4.69) is 10.1 Å². The van der Waals surface area contributed by atoms with Crippen molar-refractivity contribution in [1.29, 1.82) is 0 Å². The number of hydrogen-bond acceptors (Lipinski definition) is 5. The summed E-state index contributed by atoms with van der Waals surface area (Å²) in [6.45, 7) is 1.39. The van der Waals surface area contributed by atoms with E-state index in [0.717, 1.165) is 0 Å². The highest BCUT2D eigenvalue weighted by Crippen LogP contribution is 1.99. The third-order valence-electron chi connectivity index (χ3n) is 1.67. The Hall–Kier alpha value is -2.11. The maximum atomic E-state index is 11.3. The molecule has 0 aromatic carbocycles. The molecule has 1 heterocycles. The van der Waals surface area contributed by atoms with E-state index in [1.165, 1.54) is 12.3 Å². The minimum absolute atomic E-state index is 0.110. The van der Waals surface area contributed by atoms with Crippen molar-refractivity contribution in [2.75, 3.05) is 13.2 Å². The first kappa shape index (κ1) is 12.0. The lowest BCUT2D eigenvalue weighted by molar-refractivity contribution is -0.154. The van der Waals surface area contributed by atoms with Gasteiger partial charge in [0.15, 0.2) is 5.76 Å². The van der Waals surface area contributed by atoms with E-state index < -0.39 is 17.7 Å². The van der Waals surface area contributed by atoms with Gasteiger partial charge in [0.1, 0.15) is 0 Å². The molecule has 1 amide bonds. The van der Waals surface area contributed by atoms with Crippen LogP contribution in [0.15, 0.2) is 22.8 Å². The molecule has 0 atom stereocenters. The van der Waals surface area contributed by atoms with Crippen molar-refractivity contribution in [3.8, 4) is 0 Å². The molecule has 0 aliphatic heterocycles. The average Bonchev–Trinajstić information content (AvgIpc) is 2.79. The van der Waals surface area contributed by atoms with Crippen LogP contribution < -0.4 is 5.32 Å². The molecule has 0 aliphatic carbocycles. The van der Waals surface area contributed by atoms with Gasteiger partial charge in [0.25, 0.3) is 0 Å². The maximum absolute atomic E-state index is 11.3. The molecule has 0 saturated carbocycles. The fourth-order valence-electron chi connectivity index (χ4n) is 0.954. The Morgan fingerprint density at radius 3 is 2.75 bits per heavy atom. The van der Waals surface area contributed by atoms with E-state index >= 15 is 0 Å². The monoisotopic (exact) mass is 225 g/mol. The lowest BCUT2D eigenvalue weighted by atomic mass is 10.3. The van der Waals surface area contributed by atoms with Gasteiger partial charge in [0, 0.05) is 0 Å². The molecular weight excluding hydrogens is 214 g/mol. The zero-order chi connectivity index (χ0) is 12.0. The summed E-state index contributed by atoms with van der Waals surface area (Å²) >= 11 is 0. The normalized spacial score (nSPS) is 9.56. The highest BCUT2D eigenvalue weighted by molar-refractivity contribution is 6.32. The zero-order valence-corrected chi connectivity index (χ0v) is 8.69. The Kier molecular flexibility index (Phi) is 4.26. The van der Waals surface area contributed by atoms with Gasteiger partial charge in [-0.3, -0.25) is 9.59 Å². The first-order valence-corrected chi connectivity index (χ1v) is 4.66. The van der Waals surface area contributed by atoms with Crippen LogP contribution in [0.1, 0.15) is 17.5 Å². The highest BCUT2D eigenvalue weighted by atomic mass is 16.5. The molecule has 1 aromatic rings. The minimum atomic E-state index is -1.00. The Morgan fingerprint density at radius 2 is 2.19 bits per heavy atom. The third-order valence-corrected chi connectivity index (χ3v) is 1.67. The van der Waals surface area contributed by atoms with Crippen molar-refractivity contribution in [3.05, 3.63) is 24.2 Å². The number of carbonyl (C=O) groups excluding carboxylic acids is 3. The van der Waals surface area contributed by atoms with Gasteiger partial charge in [-0.15, -0.1) is 0 Å². The van der Waals surface area contributed by atoms with Crippen LogP contribution >= 0.6 is 0 Å². The summed E-state index contributed by atoms with van der Waals surface area (Å²) in [5, 5.41) is 2.13. The molecule has 0 radical (unpaired) electrons. The van der Waals surface area contributed by atoms with Crippen molar-refractivity contribution < 1.29 is 23.5 Å². The van der Waals surface area contributed by atoms with Crippen LogP contribution in [0.4, 0.5) is 0 Å². The molecule has 0 spiro atoms. The van der Waals surface area contributed by atoms with Crippen molar-refractivity contribution >= 4 is 17.7 Å². The first-order chi connectivity index (χ1) is 7.65. The molecule has 0 fully saturated rings. The summed E-state index contributed by atoms with van der Waals surface area (Å²) in [4.78, 5) is 33.2. The van der Waals surface area contributed by atoms with E-state index in [-0.39, 0.29) is 18.9 Å². The van der Waals surface area contributed by atoms with Gasteiger partial charge in [-0.25, -0.2) is 4.79 Å². The number of carbonyl (C=O) groups is 3. The summed E-state index contributed by atoms with van der Waals surface area (Å²) in [7, 11) is 0. The number of hydrogen-bond donors (Lipinski definition) is 1. The summed E-state index contributed by atoms with van der Waals surface area (Å²) < 4.78 is 9.26. The second-order valence-electron chi connectivity index (χ2n) is 2.80. The van der Waals surface area contributed by atoms with Gasteiger partial charge in [0.05, 0.1) is 19.4 Å². The topological polar surface area (TPSA) is 85.6 Å². The molecule has 0 aliphatic rings. The summed E-state index contributed by atoms with van der Waals surface area (Å²) in [5.41, 5.74) is 0. The Labute approximate surface area is 91.6 Å². The first-order valence-electron chi connectivity index (χ1n) is 4.66. The molecule has 1 aromatic heterocycles. The quantitative estimate of drug-likeness (QED) is 0.447. The van der Waals surface area contributed by atoms with E-state index in [1.807, 2.05) is 0 Å². The van der Waals surface area contributed by atoms with E-state index in [0.29, 0.717) is 0 Å². The molecule has 16 heavy (non-hydrogen) atoms. The Bertz CT molecular complexity index is 382. The van der Waals surface area contributed by atoms with Crippen LogP contribution in [0.2, 0.25) is 0 Å². The second kappa shape index (κ2) is 5.69. The number of nitrogens with one attached hydrogen (secondary N) is 1. The van der Waals surface area contributed by atoms with Crippen molar-refractivity contribution in [1.82, 2.24) is 5.32 Å². The van der Waals surface area contributed by atoms with E-state index in [9.17, 15) is 14.4 Å².